The molecule has 3 rings (SSSR count). The number of carbonyl (C=O) groups is 1. The first-order valence-corrected chi connectivity index (χ1v) is 8.15. The van der Waals surface area contributed by atoms with Crippen LogP contribution in [0, 0.1) is 5.92 Å². The quantitative estimate of drug-likeness (QED) is 0.837. The van der Waals surface area contributed by atoms with E-state index in [1.54, 1.807) is 23.1 Å². The molecule has 0 saturated heterocycles. The van der Waals surface area contributed by atoms with Gasteiger partial charge in [0.15, 0.2) is 0 Å². The molecule has 116 valence electrons. The van der Waals surface area contributed by atoms with Gasteiger partial charge in [0.2, 0.25) is 11.9 Å². The SMILES string of the molecule is O=C(C1CC=CCC1)N(C1=NCCN1)c1c(Cl)cccc1Cl. The average molecular weight is 338 g/mol. The molecule has 0 radical (unpaired) electrons. The molecule has 0 aromatic heterocycles. The molecule has 1 aromatic carbocycles. The van der Waals surface area contributed by atoms with E-state index in [9.17, 15) is 4.79 Å². The van der Waals surface area contributed by atoms with Crippen molar-refractivity contribution in [3.8, 4) is 0 Å². The lowest BCUT2D eigenvalue weighted by molar-refractivity contribution is -0.121. The maximum absolute atomic E-state index is 13.0. The normalized spacial score (nSPS) is 20.5. The Labute approximate surface area is 139 Å². The summed E-state index contributed by atoms with van der Waals surface area (Å²) in [5.74, 6) is 0.462. The summed E-state index contributed by atoms with van der Waals surface area (Å²) in [6.07, 6.45) is 6.66. The number of nitrogens with zero attached hydrogens (tertiary/aromatic N) is 2. The molecule has 1 aromatic rings. The van der Waals surface area contributed by atoms with E-state index in [4.69, 9.17) is 23.2 Å². The Bertz CT molecular complexity index is 622. The Morgan fingerprint density at radius 2 is 2.05 bits per heavy atom. The molecular weight excluding hydrogens is 321 g/mol. The van der Waals surface area contributed by atoms with Gasteiger partial charge in [-0.1, -0.05) is 41.4 Å². The number of benzene rings is 1. The molecule has 1 atom stereocenters. The molecule has 0 spiro atoms. The third kappa shape index (κ3) is 2.99. The summed E-state index contributed by atoms with van der Waals surface area (Å²) in [6, 6.07) is 5.24. The minimum Gasteiger partial charge on any atom is -0.354 e. The molecule has 1 heterocycles. The van der Waals surface area contributed by atoms with E-state index in [2.05, 4.69) is 22.5 Å². The Morgan fingerprint density at radius 3 is 2.64 bits per heavy atom. The number of nitrogens with one attached hydrogen (secondary N) is 1. The van der Waals surface area contributed by atoms with Crippen LogP contribution in [0.15, 0.2) is 35.3 Å². The van der Waals surface area contributed by atoms with Crippen molar-refractivity contribution in [2.24, 2.45) is 10.9 Å². The lowest BCUT2D eigenvalue weighted by Crippen LogP contribution is -2.46. The highest BCUT2D eigenvalue weighted by Crippen LogP contribution is 2.36. The molecule has 1 unspecified atom stereocenters. The van der Waals surface area contributed by atoms with Gasteiger partial charge in [-0.05, 0) is 31.4 Å². The number of rotatable bonds is 2. The van der Waals surface area contributed by atoms with Gasteiger partial charge in [-0.25, -0.2) is 4.90 Å². The van der Waals surface area contributed by atoms with E-state index >= 15 is 0 Å². The second kappa shape index (κ2) is 6.71. The maximum Gasteiger partial charge on any atom is 0.237 e. The molecule has 22 heavy (non-hydrogen) atoms. The van der Waals surface area contributed by atoms with Gasteiger partial charge in [0.1, 0.15) is 0 Å². The molecule has 2 aliphatic rings. The number of amides is 1. The Balaban J connectivity index is 2.00. The van der Waals surface area contributed by atoms with Gasteiger partial charge in [0.05, 0.1) is 22.3 Å². The molecule has 0 fully saturated rings. The summed E-state index contributed by atoms with van der Waals surface area (Å²) in [4.78, 5) is 19.0. The summed E-state index contributed by atoms with van der Waals surface area (Å²) in [6.45, 7) is 1.36. The van der Waals surface area contributed by atoms with Gasteiger partial charge in [0, 0.05) is 12.5 Å². The summed E-state index contributed by atoms with van der Waals surface area (Å²) in [5, 5.41) is 4.04. The topological polar surface area (TPSA) is 44.7 Å². The van der Waals surface area contributed by atoms with Crippen molar-refractivity contribution in [1.82, 2.24) is 5.32 Å². The molecule has 1 aliphatic heterocycles. The Morgan fingerprint density at radius 1 is 1.27 bits per heavy atom. The fourth-order valence-electron chi connectivity index (χ4n) is 2.76. The third-order valence-electron chi connectivity index (χ3n) is 3.87. The molecule has 1 aliphatic carbocycles. The van der Waals surface area contributed by atoms with Crippen LogP contribution in [0.2, 0.25) is 10.0 Å². The van der Waals surface area contributed by atoms with Gasteiger partial charge >= 0.3 is 0 Å². The number of carbonyl (C=O) groups excluding carboxylic acids is 1. The predicted molar refractivity (Wildman–Crippen MR) is 90.7 cm³/mol. The van der Waals surface area contributed by atoms with E-state index in [1.807, 2.05) is 0 Å². The van der Waals surface area contributed by atoms with E-state index in [0.29, 0.717) is 34.8 Å². The Kier molecular flexibility index (Phi) is 4.69. The van der Waals surface area contributed by atoms with Crippen LogP contribution < -0.4 is 10.2 Å². The zero-order valence-corrected chi connectivity index (χ0v) is 13.6. The van der Waals surface area contributed by atoms with Crippen LogP contribution in [0.3, 0.4) is 0 Å². The van der Waals surface area contributed by atoms with Crippen LogP contribution in [-0.2, 0) is 4.79 Å². The number of para-hydroxylation sites is 1. The number of aliphatic imine (C=N–C) groups is 1. The second-order valence-corrected chi connectivity index (χ2v) is 6.17. The van der Waals surface area contributed by atoms with Gasteiger partial charge in [-0.3, -0.25) is 9.79 Å². The number of halogens is 2. The van der Waals surface area contributed by atoms with E-state index < -0.39 is 0 Å². The van der Waals surface area contributed by atoms with Crippen molar-refractivity contribution in [3.05, 3.63) is 40.4 Å². The number of allylic oxidation sites excluding steroid dienone is 2. The lowest BCUT2D eigenvalue weighted by atomic mass is 9.93. The smallest absolute Gasteiger partial charge is 0.237 e. The molecule has 1 N–H and O–H groups in total. The van der Waals surface area contributed by atoms with Crippen LogP contribution in [0.25, 0.3) is 0 Å². The van der Waals surface area contributed by atoms with E-state index in [1.165, 1.54) is 0 Å². The van der Waals surface area contributed by atoms with Gasteiger partial charge in [-0.2, -0.15) is 0 Å². The molecule has 1 amide bonds. The van der Waals surface area contributed by atoms with Crippen molar-refractivity contribution < 1.29 is 4.79 Å². The number of hydrogen-bond donors (Lipinski definition) is 1. The third-order valence-corrected chi connectivity index (χ3v) is 4.48. The van der Waals surface area contributed by atoms with Crippen LogP contribution in [0.4, 0.5) is 5.69 Å². The van der Waals surface area contributed by atoms with Crippen molar-refractivity contribution >= 4 is 40.8 Å². The average Bonchev–Trinajstić information content (AvgIpc) is 3.05. The molecule has 0 bridgehead atoms. The summed E-state index contributed by atoms with van der Waals surface area (Å²) >= 11 is 12.6. The van der Waals surface area contributed by atoms with Gasteiger partial charge < -0.3 is 5.32 Å². The van der Waals surface area contributed by atoms with E-state index in [0.717, 1.165) is 19.3 Å². The van der Waals surface area contributed by atoms with Crippen LogP contribution >= 0.6 is 23.2 Å². The standard InChI is InChI=1S/C16H17Cl2N3O/c17-12-7-4-8-13(18)14(12)21(16-19-9-10-20-16)15(22)11-5-2-1-3-6-11/h1-2,4,7-8,11H,3,5-6,9-10H2,(H,19,20). The van der Waals surface area contributed by atoms with E-state index in [-0.39, 0.29) is 11.8 Å². The summed E-state index contributed by atoms with van der Waals surface area (Å²) < 4.78 is 0. The maximum atomic E-state index is 13.0. The predicted octanol–water partition coefficient (Wildman–Crippen LogP) is 3.64. The van der Waals surface area contributed by atoms with Crippen molar-refractivity contribution in [2.75, 3.05) is 18.0 Å². The number of hydrogen-bond acceptors (Lipinski definition) is 3. The number of guanidine groups is 1. The zero-order chi connectivity index (χ0) is 15.5. The molecule has 6 heteroatoms. The van der Waals surface area contributed by atoms with Crippen LogP contribution in [-0.4, -0.2) is 25.0 Å². The molecule has 0 saturated carbocycles. The highest BCUT2D eigenvalue weighted by atomic mass is 35.5. The fraction of sp³-hybridized carbons (Fsp3) is 0.375. The first-order chi connectivity index (χ1) is 10.7. The largest absolute Gasteiger partial charge is 0.354 e. The zero-order valence-electron chi connectivity index (χ0n) is 12.1. The second-order valence-electron chi connectivity index (χ2n) is 5.36. The highest BCUT2D eigenvalue weighted by Gasteiger charge is 2.32. The van der Waals surface area contributed by atoms with Crippen LogP contribution in [0.5, 0.6) is 0 Å². The van der Waals surface area contributed by atoms with Gasteiger partial charge in [-0.15, -0.1) is 0 Å². The summed E-state index contributed by atoms with van der Waals surface area (Å²) in [7, 11) is 0. The number of anilines is 1. The minimum atomic E-state index is -0.0672. The minimum absolute atomic E-state index is 0.00694. The highest BCUT2D eigenvalue weighted by molar-refractivity contribution is 6.41. The lowest BCUT2D eigenvalue weighted by Gasteiger charge is -2.29. The first kappa shape index (κ1) is 15.4. The van der Waals surface area contributed by atoms with Crippen molar-refractivity contribution in [3.63, 3.8) is 0 Å². The van der Waals surface area contributed by atoms with Gasteiger partial charge in [0.25, 0.3) is 0 Å². The van der Waals surface area contributed by atoms with Crippen molar-refractivity contribution in [1.29, 1.82) is 0 Å². The molecule has 4 nitrogen and oxygen atoms in total. The Hall–Kier alpha value is -1.52. The monoisotopic (exact) mass is 337 g/mol. The van der Waals surface area contributed by atoms with Crippen molar-refractivity contribution in [2.45, 2.75) is 19.3 Å². The van der Waals surface area contributed by atoms with Crippen LogP contribution in [0.1, 0.15) is 19.3 Å². The molecular formula is C16H17Cl2N3O. The fourth-order valence-corrected chi connectivity index (χ4v) is 3.33. The summed E-state index contributed by atoms with van der Waals surface area (Å²) in [5.41, 5.74) is 0.513. The first-order valence-electron chi connectivity index (χ1n) is 7.40.